The van der Waals surface area contributed by atoms with E-state index in [1.165, 1.54) is 0 Å². The van der Waals surface area contributed by atoms with Crippen LogP contribution in [0.15, 0.2) is 30.3 Å². The number of hydrogen-bond donors (Lipinski definition) is 2. The molecule has 0 spiro atoms. The molecule has 4 nitrogen and oxygen atoms in total. The van der Waals surface area contributed by atoms with Crippen molar-refractivity contribution in [2.45, 2.75) is 6.92 Å². The van der Waals surface area contributed by atoms with Crippen LogP contribution in [0.2, 0.25) is 0 Å². The number of carbonyl (C=O) groups is 1. The maximum Gasteiger partial charge on any atom is 0.256 e. The van der Waals surface area contributed by atoms with Crippen LogP contribution in [0, 0.1) is 6.92 Å². The summed E-state index contributed by atoms with van der Waals surface area (Å²) >= 11 is 0. The van der Waals surface area contributed by atoms with E-state index in [4.69, 9.17) is 0 Å². The molecular weight excluding hydrogens is 214 g/mol. The molecule has 17 heavy (non-hydrogen) atoms. The van der Waals surface area contributed by atoms with Gasteiger partial charge in [0.15, 0.2) is 0 Å². The summed E-state index contributed by atoms with van der Waals surface area (Å²) in [5.41, 5.74) is 4.19. The second kappa shape index (κ2) is 3.59. The number of hydrogen-bond acceptors (Lipinski definition) is 2. The molecular formula is C13H11N3O. The third kappa shape index (κ3) is 1.63. The van der Waals surface area contributed by atoms with Crippen molar-refractivity contribution >= 4 is 23.2 Å². The van der Waals surface area contributed by atoms with E-state index in [2.05, 4.69) is 15.5 Å². The fraction of sp³-hybridized carbons (Fsp3) is 0.0769. The van der Waals surface area contributed by atoms with Gasteiger partial charge in [-0.25, -0.2) is 0 Å². The molecule has 1 aromatic carbocycles. The quantitative estimate of drug-likeness (QED) is 0.731. The lowest BCUT2D eigenvalue weighted by Gasteiger charge is -1.95. The first kappa shape index (κ1) is 9.84. The van der Waals surface area contributed by atoms with Gasteiger partial charge in [-0.15, -0.1) is 0 Å². The van der Waals surface area contributed by atoms with Crippen molar-refractivity contribution in [3.05, 3.63) is 47.3 Å². The van der Waals surface area contributed by atoms with Gasteiger partial charge >= 0.3 is 0 Å². The Labute approximate surface area is 98.4 Å². The Morgan fingerprint density at radius 2 is 2.12 bits per heavy atom. The molecule has 0 saturated heterocycles. The van der Waals surface area contributed by atoms with Gasteiger partial charge in [-0.05, 0) is 25.1 Å². The number of rotatable bonds is 1. The van der Waals surface area contributed by atoms with Crippen LogP contribution in [0.25, 0.3) is 11.6 Å². The molecule has 1 aliphatic rings. The van der Waals surface area contributed by atoms with Gasteiger partial charge in [0, 0.05) is 16.9 Å². The topological polar surface area (TPSA) is 57.8 Å². The lowest BCUT2D eigenvalue weighted by atomic mass is 10.1. The highest BCUT2D eigenvalue weighted by Gasteiger charge is 2.23. The predicted octanol–water partition coefficient (Wildman–Crippen LogP) is 2.21. The molecule has 4 heteroatoms. The van der Waals surface area contributed by atoms with Gasteiger partial charge < -0.3 is 5.32 Å². The molecule has 2 heterocycles. The molecule has 1 amide bonds. The Balaban J connectivity index is 2.09. The van der Waals surface area contributed by atoms with Crippen molar-refractivity contribution in [3.63, 3.8) is 0 Å². The third-order valence-electron chi connectivity index (χ3n) is 2.73. The highest BCUT2D eigenvalue weighted by Crippen LogP contribution is 2.32. The number of benzene rings is 1. The maximum atomic E-state index is 11.8. The first-order valence-corrected chi connectivity index (χ1v) is 5.38. The minimum absolute atomic E-state index is 0.0770. The van der Waals surface area contributed by atoms with Crippen molar-refractivity contribution in [1.29, 1.82) is 0 Å². The largest absolute Gasteiger partial charge is 0.321 e. The molecule has 0 unspecified atom stereocenters. The van der Waals surface area contributed by atoms with Crippen LogP contribution in [-0.4, -0.2) is 16.1 Å². The molecule has 0 atom stereocenters. The number of H-pyrrole nitrogens is 1. The lowest BCUT2D eigenvalue weighted by molar-refractivity contribution is -0.110. The number of aromatic amines is 1. The van der Waals surface area contributed by atoms with E-state index in [-0.39, 0.29) is 5.91 Å². The zero-order chi connectivity index (χ0) is 11.8. The highest BCUT2D eigenvalue weighted by atomic mass is 16.2. The number of amides is 1. The van der Waals surface area contributed by atoms with Crippen LogP contribution in [0.1, 0.15) is 17.0 Å². The van der Waals surface area contributed by atoms with Gasteiger partial charge in [0.25, 0.3) is 5.91 Å². The van der Waals surface area contributed by atoms with E-state index in [1.807, 2.05) is 37.3 Å². The van der Waals surface area contributed by atoms with Gasteiger partial charge in [0.1, 0.15) is 0 Å². The van der Waals surface area contributed by atoms with E-state index < -0.39 is 0 Å². The van der Waals surface area contributed by atoms with E-state index in [1.54, 1.807) is 6.08 Å². The number of carbonyl (C=O) groups excluding carboxylic acids is 1. The van der Waals surface area contributed by atoms with Gasteiger partial charge in [-0.3, -0.25) is 9.89 Å². The highest BCUT2D eigenvalue weighted by molar-refractivity contribution is 6.34. The standard InChI is InChI=1S/C13H11N3O/c1-8-6-9(16-15-8)7-11-10-4-2-3-5-12(10)14-13(11)17/h2-7H,1H3,(H,14,17)(H,15,16)/b11-7-. The average molecular weight is 225 g/mol. The molecule has 1 aliphatic heterocycles. The number of anilines is 1. The van der Waals surface area contributed by atoms with Crippen LogP contribution in [0.3, 0.4) is 0 Å². The summed E-state index contributed by atoms with van der Waals surface area (Å²) in [5, 5.41) is 9.79. The smallest absolute Gasteiger partial charge is 0.256 e. The number of aromatic nitrogens is 2. The zero-order valence-corrected chi connectivity index (χ0v) is 9.32. The molecule has 2 aromatic rings. The summed E-state index contributed by atoms with van der Waals surface area (Å²) < 4.78 is 0. The van der Waals surface area contributed by atoms with E-state index in [9.17, 15) is 4.79 Å². The molecule has 2 N–H and O–H groups in total. The number of nitrogens with zero attached hydrogens (tertiary/aromatic N) is 1. The summed E-state index contributed by atoms with van der Waals surface area (Å²) in [6, 6.07) is 9.55. The SMILES string of the molecule is Cc1cc(/C=C2\C(=O)Nc3ccccc32)n[nH]1. The summed E-state index contributed by atoms with van der Waals surface area (Å²) in [6.45, 7) is 1.93. The summed E-state index contributed by atoms with van der Waals surface area (Å²) in [6.07, 6.45) is 1.80. The molecule has 0 radical (unpaired) electrons. The second-order valence-corrected chi connectivity index (χ2v) is 4.03. The van der Waals surface area contributed by atoms with Crippen LogP contribution in [-0.2, 0) is 4.79 Å². The first-order valence-electron chi connectivity index (χ1n) is 5.38. The van der Waals surface area contributed by atoms with Gasteiger partial charge in [-0.1, -0.05) is 18.2 Å². The van der Waals surface area contributed by atoms with E-state index in [0.717, 1.165) is 22.6 Å². The molecule has 3 rings (SSSR count). The molecule has 0 aliphatic carbocycles. The molecule has 0 saturated carbocycles. The number of para-hydroxylation sites is 1. The van der Waals surface area contributed by atoms with Crippen molar-refractivity contribution in [2.24, 2.45) is 0 Å². The zero-order valence-electron chi connectivity index (χ0n) is 9.32. The van der Waals surface area contributed by atoms with Gasteiger partial charge in [0.2, 0.25) is 0 Å². The van der Waals surface area contributed by atoms with E-state index >= 15 is 0 Å². The number of aryl methyl sites for hydroxylation is 1. The Bertz CT molecular complexity index is 625. The molecule has 0 fully saturated rings. The lowest BCUT2D eigenvalue weighted by Crippen LogP contribution is -2.03. The molecule has 0 bridgehead atoms. The molecule has 84 valence electrons. The maximum absolute atomic E-state index is 11.8. The summed E-state index contributed by atoms with van der Waals surface area (Å²) in [4.78, 5) is 11.8. The van der Waals surface area contributed by atoms with Crippen LogP contribution in [0.5, 0.6) is 0 Å². The predicted molar refractivity (Wildman–Crippen MR) is 66.3 cm³/mol. The Kier molecular flexibility index (Phi) is 2.08. The Morgan fingerprint density at radius 1 is 1.29 bits per heavy atom. The Hall–Kier alpha value is -2.36. The van der Waals surface area contributed by atoms with Crippen LogP contribution in [0.4, 0.5) is 5.69 Å². The normalized spacial score (nSPS) is 16.1. The van der Waals surface area contributed by atoms with E-state index in [0.29, 0.717) is 5.57 Å². The fourth-order valence-electron chi connectivity index (χ4n) is 1.94. The first-order chi connectivity index (χ1) is 8.24. The van der Waals surface area contributed by atoms with Crippen molar-refractivity contribution in [2.75, 3.05) is 5.32 Å². The van der Waals surface area contributed by atoms with Crippen molar-refractivity contribution < 1.29 is 4.79 Å². The van der Waals surface area contributed by atoms with Crippen molar-refractivity contribution in [3.8, 4) is 0 Å². The van der Waals surface area contributed by atoms with Crippen LogP contribution >= 0.6 is 0 Å². The molecule has 1 aromatic heterocycles. The van der Waals surface area contributed by atoms with Gasteiger partial charge in [0.05, 0.1) is 11.3 Å². The van der Waals surface area contributed by atoms with Crippen molar-refractivity contribution in [1.82, 2.24) is 10.2 Å². The third-order valence-corrected chi connectivity index (χ3v) is 2.73. The second-order valence-electron chi connectivity index (χ2n) is 4.03. The minimum atomic E-state index is -0.0770. The summed E-state index contributed by atoms with van der Waals surface area (Å²) in [7, 11) is 0. The average Bonchev–Trinajstić information content (AvgIpc) is 2.85. The minimum Gasteiger partial charge on any atom is -0.321 e. The Morgan fingerprint density at radius 3 is 2.88 bits per heavy atom. The fourth-order valence-corrected chi connectivity index (χ4v) is 1.94. The number of fused-ring (bicyclic) bond motifs is 1. The monoisotopic (exact) mass is 225 g/mol. The van der Waals surface area contributed by atoms with Crippen LogP contribution < -0.4 is 5.32 Å². The summed E-state index contributed by atoms with van der Waals surface area (Å²) in [5.74, 6) is -0.0770. The van der Waals surface area contributed by atoms with Gasteiger partial charge in [-0.2, -0.15) is 5.10 Å². The number of nitrogens with one attached hydrogen (secondary N) is 2.